The molecule has 0 atom stereocenters. The molecule has 1 saturated heterocycles. The molecule has 2 N–H and O–H groups in total. The number of urea groups is 1. The highest BCUT2D eigenvalue weighted by molar-refractivity contribution is 7.91. The summed E-state index contributed by atoms with van der Waals surface area (Å²) in [5.74, 6) is 0. The second-order valence-electron chi connectivity index (χ2n) is 6.33. The number of benzene rings is 1. The summed E-state index contributed by atoms with van der Waals surface area (Å²) in [6.07, 6.45) is 2.72. The van der Waals surface area contributed by atoms with Crippen molar-refractivity contribution in [1.29, 1.82) is 0 Å². The van der Waals surface area contributed by atoms with Gasteiger partial charge in [-0.05, 0) is 36.4 Å². The molecule has 0 bridgehead atoms. The van der Waals surface area contributed by atoms with E-state index in [9.17, 15) is 13.2 Å². The van der Waals surface area contributed by atoms with Gasteiger partial charge in [-0.2, -0.15) is 0 Å². The van der Waals surface area contributed by atoms with Crippen LogP contribution in [-0.2, 0) is 10.0 Å². The summed E-state index contributed by atoms with van der Waals surface area (Å²) in [7, 11) is -3.48. The van der Waals surface area contributed by atoms with Gasteiger partial charge in [0.1, 0.15) is 10.5 Å². The van der Waals surface area contributed by atoms with Gasteiger partial charge in [0.05, 0.1) is 11.0 Å². The van der Waals surface area contributed by atoms with E-state index < -0.39 is 10.0 Å². The van der Waals surface area contributed by atoms with Crippen LogP contribution in [0.1, 0.15) is 12.8 Å². The number of thiophene rings is 1. The van der Waals surface area contributed by atoms with Gasteiger partial charge in [0.2, 0.25) is 10.0 Å². The predicted molar refractivity (Wildman–Crippen MR) is 104 cm³/mol. The van der Waals surface area contributed by atoms with Gasteiger partial charge in [-0.3, -0.25) is 0 Å². The van der Waals surface area contributed by atoms with Crippen LogP contribution in [0.15, 0.2) is 52.3 Å². The SMILES string of the molecule is O=C(Nn1cnc2ccccc21)N1CCC(NS(=O)(=O)c2cccs2)CC1. The summed E-state index contributed by atoms with van der Waals surface area (Å²) in [4.78, 5) is 18.4. The van der Waals surface area contributed by atoms with E-state index in [2.05, 4.69) is 15.1 Å². The van der Waals surface area contributed by atoms with E-state index in [1.165, 1.54) is 11.3 Å². The van der Waals surface area contributed by atoms with Crippen LogP contribution in [0.2, 0.25) is 0 Å². The Labute approximate surface area is 160 Å². The third kappa shape index (κ3) is 3.82. The Morgan fingerprint density at radius 1 is 1.15 bits per heavy atom. The molecular weight excluding hydrogens is 386 g/mol. The first-order valence-electron chi connectivity index (χ1n) is 8.57. The maximum Gasteiger partial charge on any atom is 0.336 e. The normalized spacial score (nSPS) is 15.9. The second kappa shape index (κ2) is 7.29. The fourth-order valence-corrected chi connectivity index (χ4v) is 5.43. The maximum absolute atomic E-state index is 12.5. The molecule has 27 heavy (non-hydrogen) atoms. The van der Waals surface area contributed by atoms with Gasteiger partial charge in [0.25, 0.3) is 0 Å². The van der Waals surface area contributed by atoms with Gasteiger partial charge in [-0.15, -0.1) is 11.3 Å². The topological polar surface area (TPSA) is 96.3 Å². The van der Waals surface area contributed by atoms with E-state index in [-0.39, 0.29) is 12.1 Å². The molecule has 142 valence electrons. The number of carbonyl (C=O) groups excluding carboxylic acids is 1. The molecule has 0 spiro atoms. The number of nitrogens with one attached hydrogen (secondary N) is 2. The van der Waals surface area contributed by atoms with Crippen LogP contribution in [0.4, 0.5) is 4.79 Å². The van der Waals surface area contributed by atoms with Gasteiger partial charge in [0.15, 0.2) is 0 Å². The molecule has 3 heterocycles. The minimum absolute atomic E-state index is 0.171. The van der Waals surface area contributed by atoms with Crippen LogP contribution in [0.5, 0.6) is 0 Å². The Hall–Kier alpha value is -2.43. The van der Waals surface area contributed by atoms with Crippen molar-refractivity contribution in [3.05, 3.63) is 48.1 Å². The van der Waals surface area contributed by atoms with Crippen molar-refractivity contribution in [2.24, 2.45) is 0 Å². The summed E-state index contributed by atoms with van der Waals surface area (Å²) in [6.45, 7) is 0.964. The molecule has 10 heteroatoms. The van der Waals surface area contributed by atoms with Crippen molar-refractivity contribution in [2.45, 2.75) is 23.1 Å². The number of hydrogen-bond donors (Lipinski definition) is 2. The van der Waals surface area contributed by atoms with Crippen LogP contribution < -0.4 is 10.1 Å². The van der Waals surface area contributed by atoms with E-state index >= 15 is 0 Å². The molecule has 2 aromatic heterocycles. The van der Waals surface area contributed by atoms with Crippen molar-refractivity contribution >= 4 is 38.4 Å². The first-order chi connectivity index (χ1) is 13.0. The van der Waals surface area contributed by atoms with Crippen LogP contribution in [-0.4, -0.2) is 48.1 Å². The van der Waals surface area contributed by atoms with Crippen LogP contribution in [0, 0.1) is 0 Å². The minimum Gasteiger partial charge on any atom is -0.323 e. The summed E-state index contributed by atoms with van der Waals surface area (Å²) >= 11 is 1.19. The summed E-state index contributed by atoms with van der Waals surface area (Å²) in [5.41, 5.74) is 4.45. The molecule has 0 aliphatic carbocycles. The third-order valence-electron chi connectivity index (χ3n) is 4.53. The number of aromatic nitrogens is 2. The number of para-hydroxylation sites is 2. The van der Waals surface area contributed by atoms with Gasteiger partial charge >= 0.3 is 6.03 Å². The Balaban J connectivity index is 1.34. The highest BCUT2D eigenvalue weighted by atomic mass is 32.2. The number of carbonyl (C=O) groups is 1. The van der Waals surface area contributed by atoms with E-state index in [1.54, 1.807) is 33.4 Å². The van der Waals surface area contributed by atoms with E-state index in [0.717, 1.165) is 11.0 Å². The number of amides is 2. The predicted octanol–water partition coefficient (Wildman–Crippen LogP) is 2.20. The Kier molecular flexibility index (Phi) is 4.85. The summed E-state index contributed by atoms with van der Waals surface area (Å²) in [5, 5.41) is 1.74. The number of likely N-dealkylation sites (tertiary alicyclic amines) is 1. The first-order valence-corrected chi connectivity index (χ1v) is 10.9. The highest BCUT2D eigenvalue weighted by Gasteiger charge is 2.27. The molecule has 0 radical (unpaired) electrons. The minimum atomic E-state index is -3.48. The zero-order valence-electron chi connectivity index (χ0n) is 14.4. The molecule has 2 amide bonds. The van der Waals surface area contributed by atoms with Crippen LogP contribution in [0.25, 0.3) is 11.0 Å². The van der Waals surface area contributed by atoms with Crippen LogP contribution >= 0.6 is 11.3 Å². The fraction of sp³-hybridized carbons (Fsp3) is 0.294. The molecule has 1 aliphatic rings. The van der Waals surface area contributed by atoms with Gasteiger partial charge in [0, 0.05) is 19.1 Å². The monoisotopic (exact) mass is 405 g/mol. The molecule has 1 aromatic carbocycles. The third-order valence-corrected chi connectivity index (χ3v) is 7.45. The first kappa shape index (κ1) is 18.0. The lowest BCUT2D eigenvalue weighted by atomic mass is 10.1. The number of fused-ring (bicyclic) bond motifs is 1. The molecule has 8 nitrogen and oxygen atoms in total. The maximum atomic E-state index is 12.5. The van der Waals surface area contributed by atoms with Crippen molar-refractivity contribution in [2.75, 3.05) is 18.5 Å². The quantitative estimate of drug-likeness (QED) is 0.695. The smallest absolute Gasteiger partial charge is 0.323 e. The number of sulfonamides is 1. The lowest BCUT2D eigenvalue weighted by molar-refractivity contribution is 0.190. The summed E-state index contributed by atoms with van der Waals surface area (Å²) in [6, 6.07) is 10.4. The van der Waals surface area contributed by atoms with Gasteiger partial charge in [-0.25, -0.2) is 33.0 Å². The number of rotatable bonds is 4. The van der Waals surface area contributed by atoms with Crippen molar-refractivity contribution in [1.82, 2.24) is 19.3 Å². The largest absolute Gasteiger partial charge is 0.336 e. The zero-order valence-corrected chi connectivity index (χ0v) is 16.0. The lowest BCUT2D eigenvalue weighted by Gasteiger charge is -2.32. The van der Waals surface area contributed by atoms with Crippen molar-refractivity contribution in [3.63, 3.8) is 0 Å². The highest BCUT2D eigenvalue weighted by Crippen LogP contribution is 2.19. The van der Waals surface area contributed by atoms with E-state index in [4.69, 9.17) is 0 Å². The number of imidazole rings is 1. The molecule has 1 aliphatic heterocycles. The summed E-state index contributed by atoms with van der Waals surface area (Å²) < 4.78 is 29.3. The van der Waals surface area contributed by atoms with Crippen LogP contribution in [0.3, 0.4) is 0 Å². The zero-order chi connectivity index (χ0) is 18.9. The fourth-order valence-electron chi connectivity index (χ4n) is 3.12. The van der Waals surface area contributed by atoms with Crippen molar-refractivity contribution < 1.29 is 13.2 Å². The number of hydrogen-bond acceptors (Lipinski definition) is 5. The molecule has 3 aromatic rings. The number of nitrogens with zero attached hydrogens (tertiary/aromatic N) is 3. The average molecular weight is 406 g/mol. The average Bonchev–Trinajstić information content (AvgIpc) is 3.33. The Bertz CT molecular complexity index is 1040. The molecule has 1 fully saturated rings. The second-order valence-corrected chi connectivity index (χ2v) is 9.22. The molecule has 0 saturated carbocycles. The standard InChI is InChI=1S/C17H19N5O3S2/c23-17(19-22-12-18-14-4-1-2-5-15(14)22)21-9-7-13(8-10-21)20-27(24,25)16-6-3-11-26-16/h1-6,11-13,20H,7-10H2,(H,19,23). The van der Waals surface area contributed by atoms with Gasteiger partial charge in [-0.1, -0.05) is 18.2 Å². The Morgan fingerprint density at radius 2 is 1.93 bits per heavy atom. The molecular formula is C17H19N5O3S2. The Morgan fingerprint density at radius 3 is 2.67 bits per heavy atom. The lowest BCUT2D eigenvalue weighted by Crippen LogP contribution is -2.48. The van der Waals surface area contributed by atoms with Crippen molar-refractivity contribution in [3.8, 4) is 0 Å². The molecule has 4 rings (SSSR count). The molecule has 0 unspecified atom stereocenters. The van der Waals surface area contributed by atoms with Gasteiger partial charge < -0.3 is 4.90 Å². The van der Waals surface area contributed by atoms with E-state index in [1.807, 2.05) is 24.3 Å². The number of piperidine rings is 1. The van der Waals surface area contributed by atoms with E-state index in [0.29, 0.717) is 30.1 Å².